The molecule has 4 heterocycles. The van der Waals surface area contributed by atoms with Crippen molar-refractivity contribution in [2.45, 2.75) is 37.0 Å². The first-order chi connectivity index (χ1) is 14.7. The number of para-hydroxylation sites is 1. The lowest BCUT2D eigenvalue weighted by Gasteiger charge is -2.29. The summed E-state index contributed by atoms with van der Waals surface area (Å²) in [7, 11) is 0. The fourth-order valence-electron chi connectivity index (χ4n) is 4.27. The normalized spacial score (nSPS) is 29.0. The number of aliphatic hydroxyl groups excluding tert-OH is 3. The van der Waals surface area contributed by atoms with Crippen LogP contribution >= 0.6 is 0 Å². The number of ether oxygens (including phenoxy) is 1. The van der Waals surface area contributed by atoms with E-state index in [1.165, 1.54) is 12.7 Å². The Labute approximate surface area is 172 Å². The van der Waals surface area contributed by atoms with E-state index >= 15 is 0 Å². The maximum absolute atomic E-state index is 10.4. The summed E-state index contributed by atoms with van der Waals surface area (Å²) in [5.74, 6) is 0.672. The molecule has 10 heteroatoms. The molecule has 3 aromatic rings. The topological polar surface area (TPSA) is 129 Å². The second kappa shape index (κ2) is 7.89. The van der Waals surface area contributed by atoms with Crippen molar-refractivity contribution in [2.24, 2.45) is 0 Å². The number of anilines is 2. The molecule has 1 aromatic carbocycles. The molecule has 10 nitrogen and oxygen atoms in total. The summed E-state index contributed by atoms with van der Waals surface area (Å²) < 4.78 is 7.24. The number of hydrogen-bond donors (Lipinski definition) is 4. The molecule has 0 bridgehead atoms. The van der Waals surface area contributed by atoms with E-state index in [-0.39, 0.29) is 6.04 Å². The molecule has 2 saturated heterocycles. The molecule has 2 unspecified atom stereocenters. The minimum atomic E-state index is -1.21. The third-order valence-electron chi connectivity index (χ3n) is 5.79. The van der Waals surface area contributed by atoms with Crippen LogP contribution in [0, 0.1) is 0 Å². The van der Waals surface area contributed by atoms with Gasteiger partial charge in [-0.15, -0.1) is 0 Å². The highest BCUT2D eigenvalue weighted by molar-refractivity contribution is 5.86. The maximum Gasteiger partial charge on any atom is 0.167 e. The minimum absolute atomic E-state index is 0.213. The van der Waals surface area contributed by atoms with Gasteiger partial charge in [0.05, 0.1) is 12.9 Å². The molecule has 30 heavy (non-hydrogen) atoms. The van der Waals surface area contributed by atoms with Crippen LogP contribution in [-0.4, -0.2) is 78.9 Å². The van der Waals surface area contributed by atoms with E-state index in [1.807, 2.05) is 30.3 Å². The summed E-state index contributed by atoms with van der Waals surface area (Å²) in [6, 6.07) is 10.2. The van der Waals surface area contributed by atoms with Gasteiger partial charge in [0.2, 0.25) is 0 Å². The Kier molecular flexibility index (Phi) is 5.09. The van der Waals surface area contributed by atoms with Crippen molar-refractivity contribution in [3.05, 3.63) is 43.0 Å². The highest BCUT2D eigenvalue weighted by Gasteiger charge is 2.44. The second-order valence-corrected chi connectivity index (χ2v) is 7.60. The Morgan fingerprint density at radius 2 is 1.97 bits per heavy atom. The van der Waals surface area contributed by atoms with E-state index in [0.717, 1.165) is 25.2 Å². The molecule has 0 radical (unpaired) electrons. The van der Waals surface area contributed by atoms with Crippen LogP contribution in [0.3, 0.4) is 0 Å². The lowest BCUT2D eigenvalue weighted by Crippen LogP contribution is -2.34. The van der Waals surface area contributed by atoms with Crippen molar-refractivity contribution in [2.75, 3.05) is 24.6 Å². The van der Waals surface area contributed by atoms with Gasteiger partial charge in [-0.05, 0) is 25.1 Å². The fraction of sp³-hybridized carbons (Fsp3) is 0.450. The molecule has 0 saturated carbocycles. The van der Waals surface area contributed by atoms with Gasteiger partial charge in [0.25, 0.3) is 0 Å². The number of hydrogen-bond acceptors (Lipinski definition) is 9. The quantitative estimate of drug-likeness (QED) is 0.455. The summed E-state index contributed by atoms with van der Waals surface area (Å²) in [5.41, 5.74) is 2.07. The number of aromatic nitrogens is 4. The number of imidazole rings is 1. The van der Waals surface area contributed by atoms with Crippen molar-refractivity contribution in [1.29, 1.82) is 0 Å². The Hall–Kier alpha value is -2.63. The third kappa shape index (κ3) is 3.13. The lowest BCUT2D eigenvalue weighted by atomic mass is 10.1. The first-order valence-corrected chi connectivity index (χ1v) is 10.0. The van der Waals surface area contributed by atoms with Crippen LogP contribution < -0.4 is 10.2 Å². The Morgan fingerprint density at radius 1 is 1.13 bits per heavy atom. The summed E-state index contributed by atoms with van der Waals surface area (Å²) in [4.78, 5) is 15.6. The molecule has 0 spiro atoms. The van der Waals surface area contributed by atoms with Crippen LogP contribution in [-0.2, 0) is 4.74 Å². The molecular formula is C20H24N6O4. The Morgan fingerprint density at radius 3 is 2.67 bits per heavy atom. The lowest BCUT2D eigenvalue weighted by molar-refractivity contribution is -0.0511. The maximum atomic E-state index is 10.4. The van der Waals surface area contributed by atoms with Gasteiger partial charge in [-0.3, -0.25) is 4.57 Å². The third-order valence-corrected chi connectivity index (χ3v) is 5.79. The van der Waals surface area contributed by atoms with Crippen LogP contribution in [0.2, 0.25) is 0 Å². The van der Waals surface area contributed by atoms with Gasteiger partial charge in [-0.2, -0.15) is 0 Å². The molecule has 2 aromatic heterocycles. The van der Waals surface area contributed by atoms with Crippen LogP contribution in [0.15, 0.2) is 43.0 Å². The van der Waals surface area contributed by atoms with Gasteiger partial charge >= 0.3 is 0 Å². The number of fused-ring (bicyclic) bond motifs is 1. The Bertz CT molecular complexity index is 1010. The van der Waals surface area contributed by atoms with Crippen molar-refractivity contribution < 1.29 is 20.1 Å². The predicted octanol–water partition coefficient (Wildman–Crippen LogP) is -0.0622. The highest BCUT2D eigenvalue weighted by atomic mass is 16.6. The van der Waals surface area contributed by atoms with E-state index in [2.05, 4.69) is 25.2 Å². The summed E-state index contributed by atoms with van der Waals surface area (Å²) >= 11 is 0. The predicted molar refractivity (Wildman–Crippen MR) is 108 cm³/mol. The van der Waals surface area contributed by atoms with Crippen LogP contribution in [0.5, 0.6) is 0 Å². The highest BCUT2D eigenvalue weighted by Crippen LogP contribution is 2.35. The number of nitrogens with zero attached hydrogens (tertiary/aromatic N) is 5. The van der Waals surface area contributed by atoms with E-state index < -0.39 is 31.1 Å². The molecule has 5 atom stereocenters. The standard InChI is InChI=1S/C20H24N6O4/c27-9-14-16(28)17(29)20(30-14)25-11-24-15-18(25)22-10-23-19(15)26(13-6-7-21-8-13)12-4-2-1-3-5-12/h1-5,10-11,13-14,16-17,20-21,27-29H,6-9H2/t13?,14-,16+,17+,20?/m1/s1. The van der Waals surface area contributed by atoms with Crippen molar-refractivity contribution in [3.63, 3.8) is 0 Å². The Balaban J connectivity index is 1.59. The van der Waals surface area contributed by atoms with E-state index in [0.29, 0.717) is 17.0 Å². The average molecular weight is 412 g/mol. The van der Waals surface area contributed by atoms with Crippen LogP contribution in [0.4, 0.5) is 11.5 Å². The van der Waals surface area contributed by atoms with E-state index in [1.54, 1.807) is 4.57 Å². The van der Waals surface area contributed by atoms with Gasteiger partial charge < -0.3 is 30.3 Å². The zero-order chi connectivity index (χ0) is 20.7. The molecule has 5 rings (SSSR count). The van der Waals surface area contributed by atoms with Crippen molar-refractivity contribution in [3.8, 4) is 0 Å². The molecule has 4 N–H and O–H groups in total. The zero-order valence-electron chi connectivity index (χ0n) is 16.2. The fourth-order valence-corrected chi connectivity index (χ4v) is 4.27. The van der Waals surface area contributed by atoms with Gasteiger partial charge in [-0.25, -0.2) is 15.0 Å². The van der Waals surface area contributed by atoms with Gasteiger partial charge in [0.15, 0.2) is 23.2 Å². The smallest absolute Gasteiger partial charge is 0.167 e. The zero-order valence-corrected chi connectivity index (χ0v) is 16.2. The van der Waals surface area contributed by atoms with E-state index in [9.17, 15) is 15.3 Å². The van der Waals surface area contributed by atoms with Gasteiger partial charge in [0.1, 0.15) is 24.6 Å². The average Bonchev–Trinajstić information content (AvgIpc) is 3.51. The number of aliphatic hydroxyl groups is 3. The monoisotopic (exact) mass is 412 g/mol. The molecule has 0 aliphatic carbocycles. The van der Waals surface area contributed by atoms with E-state index in [4.69, 9.17) is 4.74 Å². The molecule has 0 amide bonds. The van der Waals surface area contributed by atoms with Gasteiger partial charge in [0, 0.05) is 18.3 Å². The second-order valence-electron chi connectivity index (χ2n) is 7.60. The summed E-state index contributed by atoms with van der Waals surface area (Å²) in [6.07, 6.45) is -0.200. The molecular weight excluding hydrogens is 388 g/mol. The van der Waals surface area contributed by atoms with Gasteiger partial charge in [-0.1, -0.05) is 18.2 Å². The van der Waals surface area contributed by atoms with Crippen molar-refractivity contribution in [1.82, 2.24) is 24.8 Å². The molecule has 2 fully saturated rings. The first kappa shape index (κ1) is 19.3. The molecule has 2 aliphatic rings. The minimum Gasteiger partial charge on any atom is -0.394 e. The first-order valence-electron chi connectivity index (χ1n) is 10.0. The summed E-state index contributed by atoms with van der Waals surface area (Å²) in [5, 5.41) is 33.3. The number of rotatable bonds is 5. The van der Waals surface area contributed by atoms with Crippen LogP contribution in [0.25, 0.3) is 11.2 Å². The molecule has 2 aliphatic heterocycles. The number of nitrogens with one attached hydrogen (secondary N) is 1. The SMILES string of the molecule is OC[C@H]1OC(n2cnc3c(N(c4ccccc4)C4CCNC4)ncnc32)[C@@H](O)[C@H]1O. The van der Waals surface area contributed by atoms with Crippen LogP contribution in [0.1, 0.15) is 12.6 Å². The van der Waals surface area contributed by atoms with Crippen molar-refractivity contribution >= 4 is 22.7 Å². The number of benzene rings is 1. The summed E-state index contributed by atoms with van der Waals surface area (Å²) in [6.45, 7) is 1.37. The largest absolute Gasteiger partial charge is 0.394 e. The molecule has 158 valence electrons.